The van der Waals surface area contributed by atoms with Crippen molar-refractivity contribution in [1.82, 2.24) is 15.3 Å². The topological polar surface area (TPSA) is 110 Å². The van der Waals surface area contributed by atoms with Gasteiger partial charge in [-0.05, 0) is 24.3 Å². The molecule has 0 aliphatic rings. The Morgan fingerprint density at radius 1 is 1.18 bits per heavy atom. The van der Waals surface area contributed by atoms with Gasteiger partial charge in [0.1, 0.15) is 12.4 Å². The predicted octanol–water partition coefficient (Wildman–Crippen LogP) is 1.88. The van der Waals surface area contributed by atoms with E-state index >= 15 is 0 Å². The monoisotopic (exact) mass is 321 g/mol. The van der Waals surface area contributed by atoms with Crippen LogP contribution in [0.25, 0.3) is 0 Å². The van der Waals surface area contributed by atoms with Gasteiger partial charge in [0.05, 0.1) is 4.92 Å². The number of hydrogen-bond donors (Lipinski definition) is 2. The van der Waals surface area contributed by atoms with E-state index in [1.807, 2.05) is 0 Å². The Balaban J connectivity index is 1.75. The Kier molecular flexibility index (Phi) is 5.21. The molecule has 0 fully saturated rings. The Bertz CT molecular complexity index is 660. The van der Waals surface area contributed by atoms with Crippen LogP contribution in [0.1, 0.15) is 10.4 Å². The molecule has 0 bridgehead atoms. The highest BCUT2D eigenvalue weighted by atomic mass is 35.5. The molecule has 9 heteroatoms. The molecule has 1 amide bonds. The number of carbonyl (C=O) groups is 1. The second-order valence-corrected chi connectivity index (χ2v) is 4.65. The quantitative estimate of drug-likeness (QED) is 0.477. The van der Waals surface area contributed by atoms with E-state index < -0.39 is 4.92 Å². The number of carbonyl (C=O) groups excluding carboxylic acids is 1. The highest BCUT2D eigenvalue weighted by Gasteiger charge is 2.07. The first-order valence-corrected chi connectivity index (χ1v) is 6.68. The van der Waals surface area contributed by atoms with Crippen molar-refractivity contribution in [2.75, 3.05) is 18.4 Å². The highest BCUT2D eigenvalue weighted by Crippen LogP contribution is 2.09. The first-order valence-electron chi connectivity index (χ1n) is 6.30. The molecule has 0 aliphatic heterocycles. The molecule has 22 heavy (non-hydrogen) atoms. The summed E-state index contributed by atoms with van der Waals surface area (Å²) >= 11 is 5.74. The van der Waals surface area contributed by atoms with Gasteiger partial charge < -0.3 is 10.6 Å². The van der Waals surface area contributed by atoms with Gasteiger partial charge in [-0.25, -0.2) is 9.97 Å². The van der Waals surface area contributed by atoms with Gasteiger partial charge in [0.25, 0.3) is 5.91 Å². The van der Waals surface area contributed by atoms with Crippen molar-refractivity contribution in [2.45, 2.75) is 0 Å². The van der Waals surface area contributed by atoms with Crippen LogP contribution in [0.4, 0.5) is 11.6 Å². The lowest BCUT2D eigenvalue weighted by Crippen LogP contribution is -2.29. The van der Waals surface area contributed by atoms with E-state index in [2.05, 4.69) is 20.6 Å². The maximum absolute atomic E-state index is 11.8. The molecule has 0 saturated heterocycles. The molecule has 8 nitrogen and oxygen atoms in total. The Hall–Kier alpha value is -2.74. The van der Waals surface area contributed by atoms with E-state index in [9.17, 15) is 14.9 Å². The van der Waals surface area contributed by atoms with E-state index in [1.165, 1.54) is 0 Å². The number of nitrogens with zero attached hydrogens (tertiary/aromatic N) is 3. The number of hydrogen-bond acceptors (Lipinski definition) is 6. The minimum atomic E-state index is -0.573. The summed E-state index contributed by atoms with van der Waals surface area (Å²) in [6.07, 6.45) is 2.23. The highest BCUT2D eigenvalue weighted by molar-refractivity contribution is 6.30. The number of nitro groups is 1. The van der Waals surface area contributed by atoms with Crippen LogP contribution in [-0.2, 0) is 0 Å². The molecule has 1 heterocycles. The number of anilines is 1. The molecular weight excluding hydrogens is 310 g/mol. The van der Waals surface area contributed by atoms with Crippen LogP contribution in [0.15, 0.2) is 36.7 Å². The van der Waals surface area contributed by atoms with Crippen LogP contribution in [0, 0.1) is 10.1 Å². The largest absolute Gasteiger partial charge is 0.352 e. The van der Waals surface area contributed by atoms with Crippen molar-refractivity contribution in [3.05, 3.63) is 57.4 Å². The molecule has 114 valence electrons. The van der Waals surface area contributed by atoms with Gasteiger partial charge in [-0.3, -0.25) is 14.9 Å². The smallest absolute Gasteiger partial charge is 0.305 e. The summed E-state index contributed by atoms with van der Waals surface area (Å²) in [5.41, 5.74) is 0.331. The fourth-order valence-electron chi connectivity index (χ4n) is 1.56. The summed E-state index contributed by atoms with van der Waals surface area (Å²) in [5, 5.41) is 16.6. The summed E-state index contributed by atoms with van der Waals surface area (Å²) in [6, 6.07) is 6.54. The second kappa shape index (κ2) is 7.32. The maximum atomic E-state index is 11.8. The normalized spacial score (nSPS) is 10.0. The standard InChI is InChI=1S/C13H12ClN5O3/c14-10-3-1-9(2-4-10)12(20)15-5-6-16-13-17-7-11(8-18-13)19(21)22/h1-4,7-8H,5-6H2,(H,15,20)(H,16,17,18). The van der Waals surface area contributed by atoms with E-state index in [1.54, 1.807) is 24.3 Å². The van der Waals surface area contributed by atoms with Crippen molar-refractivity contribution < 1.29 is 9.72 Å². The summed E-state index contributed by atoms with van der Waals surface area (Å²) in [5.74, 6) is 0.0365. The lowest BCUT2D eigenvalue weighted by molar-refractivity contribution is -0.385. The average molecular weight is 322 g/mol. The van der Waals surface area contributed by atoms with Crippen LogP contribution in [0.2, 0.25) is 5.02 Å². The second-order valence-electron chi connectivity index (χ2n) is 4.21. The van der Waals surface area contributed by atoms with Gasteiger partial charge in [0.2, 0.25) is 5.95 Å². The third-order valence-corrected chi connectivity index (χ3v) is 2.90. The summed E-state index contributed by atoms with van der Waals surface area (Å²) < 4.78 is 0. The molecule has 2 rings (SSSR count). The molecular formula is C13H12ClN5O3. The molecule has 1 aromatic heterocycles. The third kappa shape index (κ3) is 4.38. The van der Waals surface area contributed by atoms with Crippen molar-refractivity contribution in [3.8, 4) is 0 Å². The molecule has 0 aliphatic carbocycles. The van der Waals surface area contributed by atoms with Gasteiger partial charge in [-0.1, -0.05) is 11.6 Å². The van der Waals surface area contributed by atoms with Crippen LogP contribution >= 0.6 is 11.6 Å². The van der Waals surface area contributed by atoms with Crippen LogP contribution < -0.4 is 10.6 Å². The van der Waals surface area contributed by atoms with Crippen LogP contribution in [0.3, 0.4) is 0 Å². The van der Waals surface area contributed by atoms with Gasteiger partial charge in [-0.2, -0.15) is 0 Å². The minimum Gasteiger partial charge on any atom is -0.352 e. The summed E-state index contributed by atoms with van der Waals surface area (Å²) in [6.45, 7) is 0.735. The number of amides is 1. The van der Waals surface area contributed by atoms with E-state index in [0.717, 1.165) is 12.4 Å². The van der Waals surface area contributed by atoms with Gasteiger partial charge in [0.15, 0.2) is 0 Å². The molecule has 2 N–H and O–H groups in total. The number of aromatic nitrogens is 2. The van der Waals surface area contributed by atoms with Crippen LogP contribution in [-0.4, -0.2) is 33.9 Å². The zero-order chi connectivity index (χ0) is 15.9. The lowest BCUT2D eigenvalue weighted by atomic mass is 10.2. The third-order valence-electron chi connectivity index (χ3n) is 2.65. The molecule has 1 aromatic carbocycles. The molecule has 0 radical (unpaired) electrons. The van der Waals surface area contributed by atoms with Gasteiger partial charge in [-0.15, -0.1) is 0 Å². The molecule has 0 unspecified atom stereocenters. The van der Waals surface area contributed by atoms with Gasteiger partial charge in [0, 0.05) is 23.7 Å². The Morgan fingerprint density at radius 2 is 1.82 bits per heavy atom. The van der Waals surface area contributed by atoms with E-state index in [-0.39, 0.29) is 17.5 Å². The Labute approximate surface area is 130 Å². The number of nitrogens with one attached hydrogen (secondary N) is 2. The first-order chi connectivity index (χ1) is 10.6. The molecule has 0 spiro atoms. The van der Waals surface area contributed by atoms with Crippen molar-refractivity contribution in [1.29, 1.82) is 0 Å². The molecule has 2 aromatic rings. The number of benzene rings is 1. The zero-order valence-electron chi connectivity index (χ0n) is 11.3. The minimum absolute atomic E-state index is 0.179. The maximum Gasteiger partial charge on any atom is 0.305 e. The van der Waals surface area contributed by atoms with Gasteiger partial charge >= 0.3 is 5.69 Å². The summed E-state index contributed by atoms with van der Waals surface area (Å²) in [4.78, 5) is 29.3. The lowest BCUT2D eigenvalue weighted by Gasteiger charge is -2.06. The SMILES string of the molecule is O=C(NCCNc1ncc([N+](=O)[O-])cn1)c1ccc(Cl)cc1. The fraction of sp³-hybridized carbons (Fsp3) is 0.154. The molecule has 0 saturated carbocycles. The number of rotatable bonds is 6. The summed E-state index contributed by atoms with van der Waals surface area (Å²) in [7, 11) is 0. The van der Waals surface area contributed by atoms with Crippen molar-refractivity contribution in [2.24, 2.45) is 0 Å². The van der Waals surface area contributed by atoms with Crippen molar-refractivity contribution >= 4 is 29.1 Å². The Morgan fingerprint density at radius 3 is 2.41 bits per heavy atom. The zero-order valence-corrected chi connectivity index (χ0v) is 12.1. The first kappa shape index (κ1) is 15.6. The fourth-order valence-corrected chi connectivity index (χ4v) is 1.69. The molecule has 0 atom stereocenters. The van der Waals surface area contributed by atoms with E-state index in [0.29, 0.717) is 23.7 Å². The van der Waals surface area contributed by atoms with Crippen LogP contribution in [0.5, 0.6) is 0 Å². The predicted molar refractivity (Wildman–Crippen MR) is 81.0 cm³/mol. The van der Waals surface area contributed by atoms with E-state index in [4.69, 9.17) is 11.6 Å². The average Bonchev–Trinajstić information content (AvgIpc) is 2.52. The van der Waals surface area contributed by atoms with Crippen molar-refractivity contribution in [3.63, 3.8) is 0 Å². The number of halogens is 1.